The van der Waals surface area contributed by atoms with Gasteiger partial charge in [0.1, 0.15) is 11.5 Å². The molecule has 1 aromatic heterocycles. The van der Waals surface area contributed by atoms with Crippen molar-refractivity contribution in [1.29, 1.82) is 0 Å². The zero-order valence-electron chi connectivity index (χ0n) is 15.9. The van der Waals surface area contributed by atoms with Crippen molar-refractivity contribution in [2.45, 2.75) is 6.54 Å². The van der Waals surface area contributed by atoms with Crippen LogP contribution in [0.15, 0.2) is 62.3 Å². The Morgan fingerprint density at radius 2 is 1.88 bits per heavy atom. The van der Waals surface area contributed by atoms with Gasteiger partial charge < -0.3 is 4.42 Å². The van der Waals surface area contributed by atoms with Crippen molar-refractivity contribution in [3.8, 4) is 11.3 Å². The molecule has 162 valence electrons. The Labute approximate surface area is 204 Å². The van der Waals surface area contributed by atoms with Gasteiger partial charge in [0.2, 0.25) is 0 Å². The summed E-state index contributed by atoms with van der Waals surface area (Å²) in [5.41, 5.74) is 1.23. The highest BCUT2D eigenvalue weighted by Gasteiger charge is 2.35. The summed E-state index contributed by atoms with van der Waals surface area (Å²) in [6.45, 7) is 0.0675. The van der Waals surface area contributed by atoms with E-state index in [2.05, 4.69) is 15.9 Å². The predicted octanol–water partition coefficient (Wildman–Crippen LogP) is 7.16. The Morgan fingerprint density at radius 1 is 1.09 bits per heavy atom. The Balaban J connectivity index is 1.54. The number of nitrogens with zero attached hydrogens (tertiary/aromatic N) is 2. The van der Waals surface area contributed by atoms with Crippen molar-refractivity contribution in [3.05, 3.63) is 89.4 Å². The first-order chi connectivity index (χ1) is 15.2. The lowest BCUT2D eigenvalue weighted by Crippen LogP contribution is -2.27. The van der Waals surface area contributed by atoms with Crippen molar-refractivity contribution < 1.29 is 18.9 Å². The molecular formula is C21H11BrCl2N2O5S. The van der Waals surface area contributed by atoms with Crippen LogP contribution in [0.3, 0.4) is 0 Å². The quantitative estimate of drug-likeness (QED) is 0.189. The van der Waals surface area contributed by atoms with Gasteiger partial charge in [0.05, 0.1) is 26.4 Å². The van der Waals surface area contributed by atoms with E-state index in [0.717, 1.165) is 16.7 Å². The number of rotatable bonds is 5. The molecular weight excluding hydrogens is 543 g/mol. The molecule has 4 rings (SSSR count). The number of benzene rings is 2. The van der Waals surface area contributed by atoms with Crippen LogP contribution < -0.4 is 0 Å². The highest BCUT2D eigenvalue weighted by atomic mass is 79.9. The molecule has 0 aliphatic carbocycles. The normalized spacial score (nSPS) is 15.1. The molecule has 1 fully saturated rings. The van der Waals surface area contributed by atoms with Crippen molar-refractivity contribution in [2.75, 3.05) is 0 Å². The molecule has 11 heteroatoms. The van der Waals surface area contributed by atoms with Gasteiger partial charge in [0.25, 0.3) is 16.8 Å². The Morgan fingerprint density at radius 3 is 2.56 bits per heavy atom. The summed E-state index contributed by atoms with van der Waals surface area (Å²) in [5, 5.41) is 11.2. The minimum absolute atomic E-state index is 0.0527. The van der Waals surface area contributed by atoms with Crippen molar-refractivity contribution in [2.24, 2.45) is 0 Å². The first-order valence-electron chi connectivity index (χ1n) is 8.96. The van der Waals surface area contributed by atoms with Crippen LogP contribution in [-0.4, -0.2) is 21.0 Å². The van der Waals surface area contributed by atoms with E-state index in [1.807, 2.05) is 0 Å². The fourth-order valence-corrected chi connectivity index (χ4v) is 4.68. The van der Waals surface area contributed by atoms with Gasteiger partial charge in [-0.3, -0.25) is 24.6 Å². The number of nitro groups is 1. The van der Waals surface area contributed by atoms with Gasteiger partial charge in [0, 0.05) is 28.2 Å². The predicted molar refractivity (Wildman–Crippen MR) is 126 cm³/mol. The van der Waals surface area contributed by atoms with E-state index in [1.165, 1.54) is 18.2 Å². The molecule has 0 bridgehead atoms. The first kappa shape index (κ1) is 22.6. The lowest BCUT2D eigenvalue weighted by Gasteiger charge is -2.12. The topological polar surface area (TPSA) is 93.7 Å². The number of hydrogen-bond donors (Lipinski definition) is 0. The molecule has 32 heavy (non-hydrogen) atoms. The molecule has 0 radical (unpaired) electrons. The van der Waals surface area contributed by atoms with Crippen molar-refractivity contribution >= 4 is 73.8 Å². The zero-order valence-corrected chi connectivity index (χ0v) is 19.8. The van der Waals surface area contributed by atoms with Gasteiger partial charge in [0.15, 0.2) is 0 Å². The van der Waals surface area contributed by atoms with Gasteiger partial charge in [-0.2, -0.15) is 0 Å². The molecule has 0 atom stereocenters. The fraction of sp³-hybridized carbons (Fsp3) is 0.0476. The van der Waals surface area contributed by atoms with Gasteiger partial charge in [-0.1, -0.05) is 29.3 Å². The summed E-state index contributed by atoms with van der Waals surface area (Å²) in [5.74, 6) is 0.374. The minimum atomic E-state index is -0.490. The van der Waals surface area contributed by atoms with Gasteiger partial charge in [-0.15, -0.1) is 0 Å². The van der Waals surface area contributed by atoms with E-state index < -0.39 is 16.1 Å². The Kier molecular flexibility index (Phi) is 6.43. The van der Waals surface area contributed by atoms with Crippen LogP contribution in [-0.2, 0) is 11.3 Å². The van der Waals surface area contributed by atoms with E-state index in [-0.39, 0.29) is 17.1 Å². The van der Waals surface area contributed by atoms with E-state index in [0.29, 0.717) is 37.2 Å². The molecule has 0 spiro atoms. The maximum atomic E-state index is 12.8. The smallest absolute Gasteiger partial charge is 0.293 e. The Bertz CT molecular complexity index is 1310. The van der Waals surface area contributed by atoms with E-state index >= 15 is 0 Å². The molecule has 3 aromatic rings. The second kappa shape index (κ2) is 9.11. The average Bonchev–Trinajstić information content (AvgIpc) is 3.30. The highest BCUT2D eigenvalue weighted by molar-refractivity contribution is 9.10. The van der Waals surface area contributed by atoms with Crippen LogP contribution in [0.2, 0.25) is 10.0 Å². The molecule has 2 heterocycles. The SMILES string of the molecule is O=C1S/C(=C/c2ccc(-c3ccc([N+](=O)[O-])cc3Br)o2)C(=O)N1Cc1ccc(Cl)c(Cl)c1. The summed E-state index contributed by atoms with van der Waals surface area (Å²) in [6, 6.07) is 12.6. The molecule has 7 nitrogen and oxygen atoms in total. The van der Waals surface area contributed by atoms with E-state index in [9.17, 15) is 19.7 Å². The maximum Gasteiger partial charge on any atom is 0.293 e. The minimum Gasteiger partial charge on any atom is -0.457 e. The fourth-order valence-electron chi connectivity index (χ4n) is 2.98. The van der Waals surface area contributed by atoms with E-state index in [1.54, 1.807) is 36.4 Å². The Hall–Kier alpha value is -2.59. The number of hydrogen-bond acceptors (Lipinski definition) is 6. The number of carbonyl (C=O) groups is 2. The number of carbonyl (C=O) groups excluding carboxylic acids is 2. The second-order valence-electron chi connectivity index (χ2n) is 6.64. The molecule has 1 aliphatic heterocycles. The van der Waals surface area contributed by atoms with Crippen molar-refractivity contribution in [3.63, 3.8) is 0 Å². The van der Waals surface area contributed by atoms with Gasteiger partial charge in [-0.05, 0) is 63.6 Å². The molecule has 1 saturated heterocycles. The van der Waals surface area contributed by atoms with Gasteiger partial charge >= 0.3 is 0 Å². The first-order valence-corrected chi connectivity index (χ1v) is 11.3. The lowest BCUT2D eigenvalue weighted by atomic mass is 10.1. The number of halogens is 3. The third kappa shape index (κ3) is 4.61. The number of non-ortho nitro benzene ring substituents is 1. The summed E-state index contributed by atoms with van der Waals surface area (Å²) < 4.78 is 6.27. The maximum absolute atomic E-state index is 12.8. The molecule has 0 N–H and O–H groups in total. The molecule has 0 unspecified atom stereocenters. The zero-order chi connectivity index (χ0) is 23.0. The highest BCUT2D eigenvalue weighted by Crippen LogP contribution is 2.36. The lowest BCUT2D eigenvalue weighted by molar-refractivity contribution is -0.384. The van der Waals surface area contributed by atoms with Crippen LogP contribution in [0.4, 0.5) is 10.5 Å². The van der Waals surface area contributed by atoms with Crippen LogP contribution in [0.25, 0.3) is 17.4 Å². The monoisotopic (exact) mass is 552 g/mol. The second-order valence-corrected chi connectivity index (χ2v) is 9.30. The van der Waals surface area contributed by atoms with Crippen LogP contribution in [0.5, 0.6) is 0 Å². The third-order valence-corrected chi connectivity index (χ3v) is 6.83. The van der Waals surface area contributed by atoms with Crippen LogP contribution >= 0.6 is 50.9 Å². The average molecular weight is 554 g/mol. The van der Waals surface area contributed by atoms with Crippen LogP contribution in [0.1, 0.15) is 11.3 Å². The summed E-state index contributed by atoms with van der Waals surface area (Å²) >= 11 is 16.0. The number of amides is 2. The largest absolute Gasteiger partial charge is 0.457 e. The summed E-state index contributed by atoms with van der Waals surface area (Å²) in [6.07, 6.45) is 1.49. The number of thioether (sulfide) groups is 1. The molecule has 2 aromatic carbocycles. The number of imide groups is 1. The molecule has 0 saturated carbocycles. The third-order valence-electron chi connectivity index (χ3n) is 4.53. The standard InChI is InChI=1S/C21H11BrCl2N2O5S/c22-15-8-12(26(29)30)2-4-14(15)18-6-3-13(31-18)9-19-20(27)25(21(28)32-19)10-11-1-5-16(23)17(24)7-11/h1-9H,10H2/b19-9+. The van der Waals surface area contributed by atoms with E-state index in [4.69, 9.17) is 27.6 Å². The number of furan rings is 1. The number of nitro benzene ring substituents is 1. The molecule has 1 aliphatic rings. The summed E-state index contributed by atoms with van der Waals surface area (Å²) in [4.78, 5) is 36.9. The van der Waals surface area contributed by atoms with Gasteiger partial charge in [-0.25, -0.2) is 0 Å². The molecule has 2 amide bonds. The summed E-state index contributed by atoms with van der Waals surface area (Å²) in [7, 11) is 0. The van der Waals surface area contributed by atoms with Crippen LogP contribution in [0, 0.1) is 10.1 Å². The van der Waals surface area contributed by atoms with Crippen molar-refractivity contribution in [1.82, 2.24) is 4.90 Å².